The normalized spacial score (nSPS) is 16.8. The summed E-state index contributed by atoms with van der Waals surface area (Å²) in [6.07, 6.45) is 7.07. The summed E-state index contributed by atoms with van der Waals surface area (Å²) in [5.74, 6) is -0.835. The average molecular weight is 289 g/mol. The Morgan fingerprint density at radius 1 is 1.19 bits per heavy atom. The zero-order valence-electron chi connectivity index (χ0n) is 12.3. The van der Waals surface area contributed by atoms with Crippen molar-refractivity contribution in [1.82, 2.24) is 14.3 Å². The zero-order chi connectivity index (χ0) is 14.8. The van der Waals surface area contributed by atoms with Gasteiger partial charge in [0.1, 0.15) is 5.65 Å². The first-order valence-corrected chi connectivity index (χ1v) is 7.61. The van der Waals surface area contributed by atoms with E-state index in [2.05, 4.69) is 4.98 Å². The van der Waals surface area contributed by atoms with Gasteiger partial charge in [0.2, 0.25) is 5.95 Å². The topological polar surface area (TPSA) is 37.6 Å². The first kappa shape index (κ1) is 14.0. The van der Waals surface area contributed by atoms with Crippen LogP contribution in [0.5, 0.6) is 0 Å². The number of fused-ring (bicyclic) bond motifs is 1. The van der Waals surface area contributed by atoms with E-state index in [-0.39, 0.29) is 11.6 Å². The van der Waals surface area contributed by atoms with Crippen molar-refractivity contribution in [2.75, 3.05) is 13.1 Å². The van der Waals surface area contributed by atoms with Crippen molar-refractivity contribution in [3.8, 4) is 0 Å². The number of aryl methyl sites for hydroxylation is 1. The lowest BCUT2D eigenvalue weighted by Crippen LogP contribution is -2.34. The number of aromatic nitrogens is 2. The molecule has 4 nitrogen and oxygen atoms in total. The van der Waals surface area contributed by atoms with Gasteiger partial charge < -0.3 is 4.90 Å². The molecule has 1 fully saturated rings. The van der Waals surface area contributed by atoms with Crippen LogP contribution in [0.25, 0.3) is 5.65 Å². The second kappa shape index (κ2) is 5.84. The molecule has 2 aromatic rings. The molecular weight excluding hydrogens is 269 g/mol. The molecule has 3 rings (SSSR count). The number of amides is 1. The molecule has 0 bridgehead atoms. The van der Waals surface area contributed by atoms with Crippen LogP contribution in [0, 0.1) is 12.9 Å². The minimum atomic E-state index is -0.555. The van der Waals surface area contributed by atoms with Gasteiger partial charge in [-0.1, -0.05) is 25.3 Å². The third kappa shape index (κ3) is 2.64. The van der Waals surface area contributed by atoms with E-state index >= 15 is 0 Å². The molecule has 2 aromatic heterocycles. The number of rotatable bonds is 1. The summed E-state index contributed by atoms with van der Waals surface area (Å²) in [4.78, 5) is 18.6. The maximum Gasteiger partial charge on any atom is 0.277 e. The summed E-state index contributed by atoms with van der Waals surface area (Å²) in [5.41, 5.74) is 1.33. The van der Waals surface area contributed by atoms with E-state index in [0.717, 1.165) is 31.2 Å². The van der Waals surface area contributed by atoms with Gasteiger partial charge in [0.05, 0.1) is 0 Å². The largest absolute Gasteiger partial charge is 0.337 e. The molecule has 0 unspecified atom stereocenters. The number of nitrogens with zero attached hydrogens (tertiary/aromatic N) is 3. The SMILES string of the molecule is Cc1cccn2c(F)c(C(=O)N3CCCCCCC3)nc12. The number of carbonyl (C=O) groups excluding carboxylic acids is 1. The van der Waals surface area contributed by atoms with Gasteiger partial charge in [-0.3, -0.25) is 9.20 Å². The molecule has 5 heteroatoms. The van der Waals surface area contributed by atoms with E-state index in [9.17, 15) is 9.18 Å². The van der Waals surface area contributed by atoms with Crippen LogP contribution in [0.15, 0.2) is 18.3 Å². The van der Waals surface area contributed by atoms with Gasteiger partial charge in [-0.2, -0.15) is 4.39 Å². The van der Waals surface area contributed by atoms with Crippen molar-refractivity contribution in [1.29, 1.82) is 0 Å². The third-order valence-corrected chi connectivity index (χ3v) is 4.13. The Bertz CT molecular complexity index is 657. The summed E-state index contributed by atoms with van der Waals surface area (Å²) in [6.45, 7) is 3.27. The molecule has 0 N–H and O–H groups in total. The molecule has 1 saturated heterocycles. The number of hydrogen-bond donors (Lipinski definition) is 0. The minimum Gasteiger partial charge on any atom is -0.337 e. The van der Waals surface area contributed by atoms with E-state index in [1.54, 1.807) is 17.2 Å². The minimum absolute atomic E-state index is 0.0510. The second-order valence-electron chi connectivity index (χ2n) is 5.70. The van der Waals surface area contributed by atoms with Crippen molar-refractivity contribution in [2.24, 2.45) is 0 Å². The van der Waals surface area contributed by atoms with E-state index in [4.69, 9.17) is 0 Å². The highest BCUT2D eigenvalue weighted by molar-refractivity contribution is 5.93. The van der Waals surface area contributed by atoms with Gasteiger partial charge in [-0.05, 0) is 31.4 Å². The van der Waals surface area contributed by atoms with Gasteiger partial charge in [-0.25, -0.2) is 4.98 Å². The summed E-state index contributed by atoms with van der Waals surface area (Å²) in [6, 6.07) is 3.63. The fourth-order valence-corrected chi connectivity index (χ4v) is 2.91. The van der Waals surface area contributed by atoms with Crippen LogP contribution in [0.1, 0.15) is 48.2 Å². The van der Waals surface area contributed by atoms with Crippen LogP contribution in [-0.2, 0) is 0 Å². The molecule has 21 heavy (non-hydrogen) atoms. The molecule has 0 aliphatic carbocycles. The first-order valence-electron chi connectivity index (χ1n) is 7.61. The highest BCUT2D eigenvalue weighted by atomic mass is 19.1. The molecule has 0 atom stereocenters. The maximum atomic E-state index is 14.4. The monoisotopic (exact) mass is 289 g/mol. The molecule has 1 aliphatic heterocycles. The second-order valence-corrected chi connectivity index (χ2v) is 5.70. The van der Waals surface area contributed by atoms with Gasteiger partial charge >= 0.3 is 0 Å². The van der Waals surface area contributed by atoms with Crippen molar-refractivity contribution in [2.45, 2.75) is 39.0 Å². The number of halogens is 1. The lowest BCUT2D eigenvalue weighted by atomic mass is 10.1. The molecule has 3 heterocycles. The third-order valence-electron chi connectivity index (χ3n) is 4.13. The van der Waals surface area contributed by atoms with E-state index in [1.807, 2.05) is 13.0 Å². The van der Waals surface area contributed by atoms with E-state index in [1.165, 1.54) is 10.8 Å². The van der Waals surface area contributed by atoms with Gasteiger partial charge in [-0.15, -0.1) is 0 Å². The summed E-state index contributed by atoms with van der Waals surface area (Å²) in [5, 5.41) is 0. The maximum absolute atomic E-state index is 14.4. The highest BCUT2D eigenvalue weighted by Crippen LogP contribution is 2.18. The molecular formula is C16H20FN3O. The number of pyridine rings is 1. The zero-order valence-corrected chi connectivity index (χ0v) is 12.3. The molecule has 0 spiro atoms. The molecule has 1 amide bonds. The number of hydrogen-bond acceptors (Lipinski definition) is 2. The quantitative estimate of drug-likeness (QED) is 0.808. The van der Waals surface area contributed by atoms with Crippen LogP contribution < -0.4 is 0 Å². The van der Waals surface area contributed by atoms with Crippen LogP contribution in [-0.4, -0.2) is 33.3 Å². The average Bonchev–Trinajstić information content (AvgIpc) is 2.77. The molecule has 0 aromatic carbocycles. The molecule has 112 valence electrons. The molecule has 1 aliphatic rings. The van der Waals surface area contributed by atoms with Gasteiger partial charge in [0.15, 0.2) is 5.69 Å². The van der Waals surface area contributed by atoms with Crippen LogP contribution in [0.2, 0.25) is 0 Å². The Labute approximate surface area is 123 Å². The summed E-state index contributed by atoms with van der Waals surface area (Å²) >= 11 is 0. The Balaban J connectivity index is 1.93. The molecule has 0 radical (unpaired) electrons. The van der Waals surface area contributed by atoms with Gasteiger partial charge in [0, 0.05) is 19.3 Å². The summed E-state index contributed by atoms with van der Waals surface area (Å²) < 4.78 is 15.8. The number of likely N-dealkylation sites (tertiary alicyclic amines) is 1. The van der Waals surface area contributed by atoms with Crippen molar-refractivity contribution < 1.29 is 9.18 Å². The Hall–Kier alpha value is -1.91. The van der Waals surface area contributed by atoms with Crippen LogP contribution in [0.4, 0.5) is 4.39 Å². The fraction of sp³-hybridized carbons (Fsp3) is 0.500. The number of carbonyl (C=O) groups is 1. The standard InChI is InChI=1S/C16H20FN3O/c1-12-8-7-11-20-14(17)13(18-15(12)20)16(21)19-9-5-3-2-4-6-10-19/h7-8,11H,2-6,9-10H2,1H3. The molecule has 0 saturated carbocycles. The van der Waals surface area contributed by atoms with E-state index in [0.29, 0.717) is 18.7 Å². The van der Waals surface area contributed by atoms with Crippen molar-refractivity contribution in [3.05, 3.63) is 35.5 Å². The van der Waals surface area contributed by atoms with Gasteiger partial charge in [0.25, 0.3) is 5.91 Å². The Morgan fingerprint density at radius 2 is 1.86 bits per heavy atom. The Morgan fingerprint density at radius 3 is 2.52 bits per heavy atom. The van der Waals surface area contributed by atoms with Crippen molar-refractivity contribution >= 4 is 11.6 Å². The number of imidazole rings is 1. The lowest BCUT2D eigenvalue weighted by molar-refractivity contribution is 0.0732. The van der Waals surface area contributed by atoms with Crippen LogP contribution in [0.3, 0.4) is 0 Å². The van der Waals surface area contributed by atoms with E-state index < -0.39 is 5.95 Å². The summed E-state index contributed by atoms with van der Waals surface area (Å²) in [7, 11) is 0. The fourth-order valence-electron chi connectivity index (χ4n) is 2.91. The smallest absolute Gasteiger partial charge is 0.277 e. The highest BCUT2D eigenvalue weighted by Gasteiger charge is 2.24. The van der Waals surface area contributed by atoms with Crippen molar-refractivity contribution in [3.63, 3.8) is 0 Å². The lowest BCUT2D eigenvalue weighted by Gasteiger charge is -2.23. The Kier molecular flexibility index (Phi) is 3.90. The van der Waals surface area contributed by atoms with Crippen LogP contribution >= 0.6 is 0 Å². The predicted octanol–water partition coefficient (Wildman–Crippen LogP) is 3.19. The predicted molar refractivity (Wildman–Crippen MR) is 78.9 cm³/mol. The first-order chi connectivity index (χ1) is 10.2.